The fourth-order valence-electron chi connectivity index (χ4n) is 2.86. The van der Waals surface area contributed by atoms with E-state index in [1.54, 1.807) is 11.8 Å². The van der Waals surface area contributed by atoms with Gasteiger partial charge in [-0.25, -0.2) is 0 Å². The summed E-state index contributed by atoms with van der Waals surface area (Å²) in [7, 11) is 0. The highest BCUT2D eigenvalue weighted by Crippen LogP contribution is 2.21. The Balaban J connectivity index is 1.93. The fourth-order valence-corrected chi connectivity index (χ4v) is 2.86. The zero-order chi connectivity index (χ0) is 13.1. The molecule has 2 rings (SSSR count). The summed E-state index contributed by atoms with van der Waals surface area (Å²) in [5, 5.41) is 0. The van der Waals surface area contributed by atoms with Crippen LogP contribution in [-0.2, 0) is 9.59 Å². The molecule has 5 heteroatoms. The van der Waals surface area contributed by atoms with Gasteiger partial charge in [0.2, 0.25) is 11.8 Å². The van der Waals surface area contributed by atoms with Crippen molar-refractivity contribution in [2.45, 2.75) is 38.6 Å². The predicted molar refractivity (Wildman–Crippen MR) is 68.8 cm³/mol. The van der Waals surface area contributed by atoms with Crippen LogP contribution in [0.15, 0.2) is 0 Å². The van der Waals surface area contributed by atoms with Crippen LogP contribution in [0.2, 0.25) is 0 Å². The molecule has 2 saturated heterocycles. The smallest absolute Gasteiger partial charge is 0.239 e. The Bertz CT molecular complexity index is 324. The maximum atomic E-state index is 12.3. The Kier molecular flexibility index (Phi) is 4.22. The number of carbonyl (C=O) groups excluding carboxylic acids is 2. The van der Waals surface area contributed by atoms with Gasteiger partial charge in [-0.2, -0.15) is 0 Å². The van der Waals surface area contributed by atoms with Crippen LogP contribution in [0.5, 0.6) is 0 Å². The highest BCUT2D eigenvalue weighted by molar-refractivity contribution is 5.83. The third kappa shape index (κ3) is 2.83. The number of nitrogens with two attached hydrogens (primary N) is 1. The Morgan fingerprint density at radius 3 is 2.33 bits per heavy atom. The minimum absolute atomic E-state index is 0.0143. The van der Waals surface area contributed by atoms with Gasteiger partial charge in [-0.05, 0) is 32.6 Å². The maximum absolute atomic E-state index is 12.3. The first kappa shape index (κ1) is 13.3. The van der Waals surface area contributed by atoms with E-state index in [0.717, 1.165) is 45.3 Å². The number of hydrogen-bond donors (Lipinski definition) is 1. The third-order valence-electron chi connectivity index (χ3n) is 3.89. The van der Waals surface area contributed by atoms with Crippen LogP contribution in [-0.4, -0.2) is 53.8 Å². The van der Waals surface area contributed by atoms with Crippen molar-refractivity contribution in [2.75, 3.05) is 26.2 Å². The van der Waals surface area contributed by atoms with Crippen molar-refractivity contribution in [3.05, 3.63) is 0 Å². The molecule has 18 heavy (non-hydrogen) atoms. The summed E-state index contributed by atoms with van der Waals surface area (Å²) in [6.07, 6.45) is 4.03. The summed E-state index contributed by atoms with van der Waals surface area (Å²) < 4.78 is 0. The Morgan fingerprint density at radius 1 is 1.11 bits per heavy atom. The number of carbonyl (C=O) groups is 2. The molecule has 2 atom stereocenters. The third-order valence-corrected chi connectivity index (χ3v) is 3.89. The normalized spacial score (nSPS) is 26.2. The van der Waals surface area contributed by atoms with Gasteiger partial charge >= 0.3 is 0 Å². The lowest BCUT2D eigenvalue weighted by molar-refractivity contribution is -0.140. The molecule has 5 nitrogen and oxygen atoms in total. The monoisotopic (exact) mass is 253 g/mol. The lowest BCUT2D eigenvalue weighted by Crippen LogP contribution is -2.50. The molecule has 0 bridgehead atoms. The average molecular weight is 253 g/mol. The molecule has 102 valence electrons. The second-order valence-electron chi connectivity index (χ2n) is 5.44. The van der Waals surface area contributed by atoms with E-state index in [9.17, 15) is 9.59 Å². The number of hydrogen-bond acceptors (Lipinski definition) is 3. The van der Waals surface area contributed by atoms with Gasteiger partial charge in [0.05, 0.1) is 12.0 Å². The largest absolute Gasteiger partial charge is 0.342 e. The lowest BCUT2D eigenvalue weighted by atomic mass is 9.96. The summed E-state index contributed by atoms with van der Waals surface area (Å²) in [6.45, 7) is 4.77. The van der Waals surface area contributed by atoms with Crippen molar-refractivity contribution in [1.82, 2.24) is 9.80 Å². The van der Waals surface area contributed by atoms with Crippen molar-refractivity contribution in [3.63, 3.8) is 0 Å². The molecule has 0 saturated carbocycles. The van der Waals surface area contributed by atoms with Crippen LogP contribution in [0, 0.1) is 5.92 Å². The first-order chi connectivity index (χ1) is 8.59. The first-order valence-corrected chi connectivity index (χ1v) is 6.92. The van der Waals surface area contributed by atoms with Crippen LogP contribution >= 0.6 is 0 Å². The van der Waals surface area contributed by atoms with E-state index in [1.165, 1.54) is 0 Å². The molecule has 0 aromatic heterocycles. The van der Waals surface area contributed by atoms with Crippen LogP contribution in [0.1, 0.15) is 32.6 Å². The van der Waals surface area contributed by atoms with Crippen molar-refractivity contribution in [3.8, 4) is 0 Å². The highest BCUT2D eigenvalue weighted by atomic mass is 16.2. The van der Waals surface area contributed by atoms with Gasteiger partial charge in [0.25, 0.3) is 0 Å². The first-order valence-electron chi connectivity index (χ1n) is 6.92. The SMILES string of the molecule is C[C@@H](N)C(=O)N1CCCC(C(=O)N2CCCC2)C1. The second-order valence-corrected chi connectivity index (χ2v) is 5.44. The van der Waals surface area contributed by atoms with E-state index in [1.807, 2.05) is 4.90 Å². The van der Waals surface area contributed by atoms with E-state index >= 15 is 0 Å². The minimum Gasteiger partial charge on any atom is -0.342 e. The van der Waals surface area contributed by atoms with Gasteiger partial charge in [0, 0.05) is 26.2 Å². The van der Waals surface area contributed by atoms with E-state index in [4.69, 9.17) is 5.73 Å². The zero-order valence-electron chi connectivity index (χ0n) is 11.1. The van der Waals surface area contributed by atoms with Crippen molar-refractivity contribution in [1.29, 1.82) is 0 Å². The number of rotatable bonds is 2. The lowest BCUT2D eigenvalue weighted by Gasteiger charge is -2.34. The fraction of sp³-hybridized carbons (Fsp3) is 0.846. The van der Waals surface area contributed by atoms with Crippen LogP contribution in [0.3, 0.4) is 0 Å². The van der Waals surface area contributed by atoms with E-state index in [0.29, 0.717) is 6.54 Å². The van der Waals surface area contributed by atoms with E-state index in [2.05, 4.69) is 0 Å². The van der Waals surface area contributed by atoms with Crippen LogP contribution in [0.4, 0.5) is 0 Å². The zero-order valence-corrected chi connectivity index (χ0v) is 11.1. The number of nitrogens with zero attached hydrogens (tertiary/aromatic N) is 2. The topological polar surface area (TPSA) is 66.6 Å². The molecule has 2 amide bonds. The quantitative estimate of drug-likeness (QED) is 0.764. The van der Waals surface area contributed by atoms with Gasteiger partial charge in [-0.1, -0.05) is 0 Å². The minimum atomic E-state index is -0.467. The standard InChI is InChI=1S/C13H23N3O2/c1-10(14)12(17)16-8-4-5-11(9-16)13(18)15-6-2-3-7-15/h10-11H,2-9,14H2,1H3/t10-,11?/m1/s1. The Hall–Kier alpha value is -1.10. The van der Waals surface area contributed by atoms with Gasteiger partial charge < -0.3 is 15.5 Å². The number of amides is 2. The van der Waals surface area contributed by atoms with Crippen LogP contribution in [0.25, 0.3) is 0 Å². The maximum Gasteiger partial charge on any atom is 0.239 e. The molecule has 2 N–H and O–H groups in total. The summed E-state index contributed by atoms with van der Waals surface area (Å²) in [6, 6.07) is -0.467. The molecule has 2 heterocycles. The number of likely N-dealkylation sites (tertiary alicyclic amines) is 2. The Morgan fingerprint density at radius 2 is 1.72 bits per heavy atom. The summed E-state index contributed by atoms with van der Waals surface area (Å²) in [4.78, 5) is 27.9. The molecule has 0 aliphatic carbocycles. The van der Waals surface area contributed by atoms with Gasteiger partial charge in [0.1, 0.15) is 0 Å². The molecule has 1 unspecified atom stereocenters. The predicted octanol–water partition coefficient (Wildman–Crippen LogP) is 0.195. The summed E-state index contributed by atoms with van der Waals surface area (Å²) in [5.41, 5.74) is 5.62. The molecule has 2 aliphatic rings. The van der Waals surface area contributed by atoms with E-state index in [-0.39, 0.29) is 17.7 Å². The average Bonchev–Trinajstić information content (AvgIpc) is 2.91. The van der Waals surface area contributed by atoms with Crippen LogP contribution < -0.4 is 5.73 Å². The summed E-state index contributed by atoms with van der Waals surface area (Å²) in [5.74, 6) is 0.183. The molecule has 0 aromatic rings. The van der Waals surface area contributed by atoms with Gasteiger partial charge in [-0.3, -0.25) is 9.59 Å². The van der Waals surface area contributed by atoms with Gasteiger partial charge in [-0.15, -0.1) is 0 Å². The van der Waals surface area contributed by atoms with Gasteiger partial charge in [0.15, 0.2) is 0 Å². The van der Waals surface area contributed by atoms with E-state index < -0.39 is 6.04 Å². The molecule has 0 radical (unpaired) electrons. The van der Waals surface area contributed by atoms with Crippen molar-refractivity contribution >= 4 is 11.8 Å². The molecule has 0 aromatic carbocycles. The second kappa shape index (κ2) is 5.69. The number of piperidine rings is 1. The van der Waals surface area contributed by atoms with Crippen molar-refractivity contribution in [2.24, 2.45) is 11.7 Å². The highest BCUT2D eigenvalue weighted by Gasteiger charge is 2.32. The molecular weight excluding hydrogens is 230 g/mol. The Labute approximate surface area is 108 Å². The molecule has 0 spiro atoms. The molecular formula is C13H23N3O2. The molecule has 2 fully saturated rings. The summed E-state index contributed by atoms with van der Waals surface area (Å²) >= 11 is 0. The molecule has 2 aliphatic heterocycles. The van der Waals surface area contributed by atoms with Crippen molar-refractivity contribution < 1.29 is 9.59 Å².